The summed E-state index contributed by atoms with van der Waals surface area (Å²) < 4.78 is 24.1. The summed E-state index contributed by atoms with van der Waals surface area (Å²) >= 11 is 0. The van der Waals surface area contributed by atoms with Crippen LogP contribution in [0.1, 0.15) is 26.7 Å². The van der Waals surface area contributed by atoms with Gasteiger partial charge in [-0.3, -0.25) is 4.99 Å². The standard InChI is InChI=1S/C11H26N4O2S.HI/c1-10(2)6-5-7-13-11(12-3)14-8-9-15-18(4,16)17;/h10,15H,5-9H2,1-4H3,(H2,12,13,14);1H. The minimum Gasteiger partial charge on any atom is -0.356 e. The van der Waals surface area contributed by atoms with Crippen molar-refractivity contribution in [1.82, 2.24) is 15.4 Å². The maximum absolute atomic E-state index is 10.8. The van der Waals surface area contributed by atoms with E-state index in [-0.39, 0.29) is 24.0 Å². The molecule has 0 aromatic carbocycles. The summed E-state index contributed by atoms with van der Waals surface area (Å²) in [5, 5.41) is 6.23. The minimum absolute atomic E-state index is 0. The zero-order valence-electron chi connectivity index (χ0n) is 12.2. The smallest absolute Gasteiger partial charge is 0.208 e. The topological polar surface area (TPSA) is 82.6 Å². The van der Waals surface area contributed by atoms with Crippen LogP contribution in [0.5, 0.6) is 0 Å². The van der Waals surface area contributed by atoms with Crippen molar-refractivity contribution in [2.45, 2.75) is 26.7 Å². The Labute approximate surface area is 134 Å². The molecule has 0 saturated carbocycles. The Balaban J connectivity index is 0. The Bertz CT molecular complexity index is 345. The molecule has 0 aromatic heterocycles. The van der Waals surface area contributed by atoms with E-state index >= 15 is 0 Å². The van der Waals surface area contributed by atoms with Crippen LogP contribution in [0.2, 0.25) is 0 Å². The molecule has 8 heteroatoms. The van der Waals surface area contributed by atoms with Crippen LogP contribution in [0.15, 0.2) is 4.99 Å². The van der Waals surface area contributed by atoms with Crippen molar-refractivity contribution in [2.24, 2.45) is 10.9 Å². The van der Waals surface area contributed by atoms with Crippen LogP contribution in [0.25, 0.3) is 0 Å². The molecule has 0 unspecified atom stereocenters. The van der Waals surface area contributed by atoms with Crippen molar-refractivity contribution < 1.29 is 8.42 Å². The van der Waals surface area contributed by atoms with E-state index in [0.29, 0.717) is 25.0 Å². The third kappa shape index (κ3) is 15.9. The van der Waals surface area contributed by atoms with Crippen LogP contribution >= 0.6 is 24.0 Å². The molecule has 0 radical (unpaired) electrons. The van der Waals surface area contributed by atoms with E-state index in [0.717, 1.165) is 19.2 Å². The maximum atomic E-state index is 10.8. The Hall–Kier alpha value is -0.0900. The molecular weight excluding hydrogens is 379 g/mol. The monoisotopic (exact) mass is 406 g/mol. The van der Waals surface area contributed by atoms with Crippen LogP contribution in [0, 0.1) is 5.92 Å². The predicted octanol–water partition coefficient (Wildman–Crippen LogP) is 0.755. The van der Waals surface area contributed by atoms with Crippen LogP contribution in [-0.4, -0.2) is 47.3 Å². The van der Waals surface area contributed by atoms with Gasteiger partial charge < -0.3 is 10.6 Å². The fraction of sp³-hybridized carbons (Fsp3) is 0.909. The molecule has 0 heterocycles. The van der Waals surface area contributed by atoms with E-state index in [1.165, 1.54) is 6.42 Å². The highest BCUT2D eigenvalue weighted by Gasteiger charge is 2.00. The third-order valence-electron chi connectivity index (χ3n) is 2.26. The second-order valence-electron chi connectivity index (χ2n) is 4.63. The van der Waals surface area contributed by atoms with Crippen LogP contribution in [0.4, 0.5) is 0 Å². The average Bonchev–Trinajstić information content (AvgIpc) is 2.25. The number of halogens is 1. The van der Waals surface area contributed by atoms with Gasteiger partial charge in [-0.05, 0) is 18.8 Å². The fourth-order valence-corrected chi connectivity index (χ4v) is 1.83. The van der Waals surface area contributed by atoms with Gasteiger partial charge in [0.2, 0.25) is 10.0 Å². The number of nitrogens with zero attached hydrogens (tertiary/aromatic N) is 1. The highest BCUT2D eigenvalue weighted by atomic mass is 127. The van der Waals surface area contributed by atoms with Gasteiger partial charge >= 0.3 is 0 Å². The first-order valence-corrected chi connectivity index (χ1v) is 8.13. The van der Waals surface area contributed by atoms with E-state index in [4.69, 9.17) is 0 Å². The van der Waals surface area contributed by atoms with Gasteiger partial charge in [-0.2, -0.15) is 0 Å². The fourth-order valence-electron chi connectivity index (χ4n) is 1.36. The SMILES string of the molecule is CN=C(NCCCC(C)C)NCCNS(C)(=O)=O.I. The number of hydrogen-bond acceptors (Lipinski definition) is 3. The molecule has 0 rings (SSSR count). The van der Waals surface area contributed by atoms with Gasteiger partial charge in [0.25, 0.3) is 0 Å². The van der Waals surface area contributed by atoms with Crippen LogP contribution < -0.4 is 15.4 Å². The minimum atomic E-state index is -3.11. The first kappa shape index (κ1) is 21.2. The number of aliphatic imine (C=N–C) groups is 1. The highest BCUT2D eigenvalue weighted by molar-refractivity contribution is 14.0. The molecule has 0 aliphatic heterocycles. The molecule has 19 heavy (non-hydrogen) atoms. The lowest BCUT2D eigenvalue weighted by Gasteiger charge is -2.12. The molecule has 116 valence electrons. The maximum Gasteiger partial charge on any atom is 0.208 e. The van der Waals surface area contributed by atoms with E-state index in [2.05, 4.69) is 34.2 Å². The van der Waals surface area contributed by atoms with Crippen molar-refractivity contribution in [1.29, 1.82) is 0 Å². The molecule has 0 atom stereocenters. The molecule has 0 saturated heterocycles. The number of hydrogen-bond donors (Lipinski definition) is 3. The Morgan fingerprint density at radius 3 is 2.21 bits per heavy atom. The van der Waals surface area contributed by atoms with Gasteiger partial charge in [0, 0.05) is 26.7 Å². The van der Waals surface area contributed by atoms with Gasteiger partial charge in [-0.1, -0.05) is 13.8 Å². The molecular formula is C11H27IN4O2S. The van der Waals surface area contributed by atoms with Crippen molar-refractivity contribution in [3.8, 4) is 0 Å². The summed E-state index contributed by atoms with van der Waals surface area (Å²) in [4.78, 5) is 4.06. The third-order valence-corrected chi connectivity index (χ3v) is 2.98. The molecule has 0 fully saturated rings. The zero-order chi connectivity index (χ0) is 14.0. The van der Waals surface area contributed by atoms with Crippen LogP contribution in [0.3, 0.4) is 0 Å². The molecule has 0 aromatic rings. The lowest BCUT2D eigenvalue weighted by Crippen LogP contribution is -2.41. The van der Waals surface area contributed by atoms with Gasteiger partial charge in [-0.25, -0.2) is 13.1 Å². The lowest BCUT2D eigenvalue weighted by atomic mass is 10.1. The molecule has 0 bridgehead atoms. The van der Waals surface area contributed by atoms with Gasteiger partial charge in [0.1, 0.15) is 0 Å². The summed E-state index contributed by atoms with van der Waals surface area (Å²) in [7, 11) is -1.41. The van der Waals surface area contributed by atoms with Gasteiger partial charge in [0.05, 0.1) is 6.26 Å². The largest absolute Gasteiger partial charge is 0.356 e. The molecule has 0 spiro atoms. The first-order valence-electron chi connectivity index (χ1n) is 6.24. The van der Waals surface area contributed by atoms with E-state index in [1.54, 1.807) is 7.05 Å². The van der Waals surface area contributed by atoms with Gasteiger partial charge in [0.15, 0.2) is 5.96 Å². The van der Waals surface area contributed by atoms with Crippen molar-refractivity contribution in [3.63, 3.8) is 0 Å². The number of nitrogens with one attached hydrogen (secondary N) is 3. The normalized spacial score (nSPS) is 12.2. The van der Waals surface area contributed by atoms with E-state index in [9.17, 15) is 8.42 Å². The molecule has 0 amide bonds. The molecule has 0 aliphatic carbocycles. The molecule has 6 nitrogen and oxygen atoms in total. The second kappa shape index (κ2) is 11.7. The number of guanidine groups is 1. The molecule has 0 aliphatic rings. The Kier molecular flexibility index (Phi) is 13.1. The predicted molar refractivity (Wildman–Crippen MR) is 91.7 cm³/mol. The van der Waals surface area contributed by atoms with E-state index < -0.39 is 10.0 Å². The van der Waals surface area contributed by atoms with Crippen molar-refractivity contribution in [3.05, 3.63) is 0 Å². The van der Waals surface area contributed by atoms with Crippen molar-refractivity contribution in [2.75, 3.05) is 32.9 Å². The Morgan fingerprint density at radius 1 is 1.16 bits per heavy atom. The first-order chi connectivity index (χ1) is 8.35. The quantitative estimate of drug-likeness (QED) is 0.241. The van der Waals surface area contributed by atoms with Crippen molar-refractivity contribution >= 4 is 40.0 Å². The Morgan fingerprint density at radius 2 is 1.74 bits per heavy atom. The highest BCUT2D eigenvalue weighted by Crippen LogP contribution is 2.01. The zero-order valence-corrected chi connectivity index (χ0v) is 15.3. The lowest BCUT2D eigenvalue weighted by molar-refractivity contribution is 0.549. The van der Waals surface area contributed by atoms with E-state index in [1.807, 2.05) is 0 Å². The summed E-state index contributed by atoms with van der Waals surface area (Å²) in [6.07, 6.45) is 3.42. The average molecular weight is 406 g/mol. The summed E-state index contributed by atoms with van der Waals surface area (Å²) in [5.74, 6) is 1.41. The van der Waals surface area contributed by atoms with Gasteiger partial charge in [-0.15, -0.1) is 24.0 Å². The number of rotatable bonds is 8. The molecule has 3 N–H and O–H groups in total. The summed E-state index contributed by atoms with van der Waals surface area (Å²) in [6, 6.07) is 0. The number of sulfonamides is 1. The van der Waals surface area contributed by atoms with Crippen LogP contribution in [-0.2, 0) is 10.0 Å². The second-order valence-corrected chi connectivity index (χ2v) is 6.46. The summed E-state index contributed by atoms with van der Waals surface area (Å²) in [5.41, 5.74) is 0. The summed E-state index contributed by atoms with van der Waals surface area (Å²) in [6.45, 7) is 6.13.